The molecule has 2 rings (SSSR count). The first-order chi connectivity index (χ1) is 7.59. The van der Waals surface area contributed by atoms with Crippen molar-refractivity contribution in [3.8, 4) is 0 Å². The van der Waals surface area contributed by atoms with Crippen molar-refractivity contribution < 1.29 is 9.50 Å². The molecule has 0 amide bonds. The van der Waals surface area contributed by atoms with E-state index in [1.54, 1.807) is 12.1 Å². The summed E-state index contributed by atoms with van der Waals surface area (Å²) in [5, 5.41) is 9.99. The molecule has 2 nitrogen and oxygen atoms in total. The van der Waals surface area contributed by atoms with Crippen LogP contribution < -0.4 is 5.73 Å². The molecule has 17 heavy (non-hydrogen) atoms. The molecular formula is C12H16BrClFNO. The van der Waals surface area contributed by atoms with Crippen LogP contribution in [-0.4, -0.2) is 11.2 Å². The summed E-state index contributed by atoms with van der Waals surface area (Å²) in [5.41, 5.74) is 6.59. The maximum Gasteiger partial charge on any atom is 0.137 e. The van der Waals surface area contributed by atoms with E-state index < -0.39 is 12.1 Å². The van der Waals surface area contributed by atoms with Gasteiger partial charge in [-0.15, -0.1) is 12.4 Å². The summed E-state index contributed by atoms with van der Waals surface area (Å²) < 4.78 is 13.7. The Labute approximate surface area is 115 Å². The van der Waals surface area contributed by atoms with Crippen LogP contribution >= 0.6 is 28.3 Å². The third-order valence-electron chi connectivity index (χ3n) is 3.33. The first kappa shape index (κ1) is 14.9. The van der Waals surface area contributed by atoms with Gasteiger partial charge in [0.25, 0.3) is 0 Å². The first-order valence-corrected chi connectivity index (χ1v) is 6.27. The predicted octanol–water partition coefficient (Wildman–Crippen LogP) is 3.17. The lowest BCUT2D eigenvalue weighted by molar-refractivity contribution is 0.0413. The molecule has 1 aliphatic carbocycles. The molecule has 0 heterocycles. The molecule has 0 bridgehead atoms. The van der Waals surface area contributed by atoms with Gasteiger partial charge in [0.05, 0.1) is 16.6 Å². The SMILES string of the molecule is Cl.N[C@@H](c1ccc(Br)c(F)c1)[C@H](O)C1CCC1. The zero-order valence-corrected chi connectivity index (χ0v) is 11.7. The van der Waals surface area contributed by atoms with Gasteiger partial charge in [0.1, 0.15) is 5.82 Å². The minimum absolute atomic E-state index is 0. The number of hydrogen-bond donors (Lipinski definition) is 2. The van der Waals surface area contributed by atoms with Gasteiger partial charge in [-0.3, -0.25) is 0 Å². The fourth-order valence-electron chi connectivity index (χ4n) is 1.99. The van der Waals surface area contributed by atoms with E-state index in [2.05, 4.69) is 15.9 Å². The van der Waals surface area contributed by atoms with E-state index in [9.17, 15) is 9.50 Å². The summed E-state index contributed by atoms with van der Waals surface area (Å²) in [6, 6.07) is 4.27. The second-order valence-corrected chi connectivity index (χ2v) is 5.24. The Bertz CT molecular complexity index is 387. The Kier molecular flexibility index (Phi) is 5.38. The molecule has 0 aromatic heterocycles. The maximum atomic E-state index is 13.3. The fourth-order valence-corrected chi connectivity index (χ4v) is 2.24. The molecule has 0 radical (unpaired) electrons. The van der Waals surface area contributed by atoms with Gasteiger partial charge in [0.15, 0.2) is 0 Å². The minimum atomic E-state index is -0.561. The molecule has 1 fully saturated rings. The van der Waals surface area contributed by atoms with Gasteiger partial charge in [0, 0.05) is 0 Å². The number of rotatable bonds is 3. The van der Waals surface area contributed by atoms with E-state index in [0.717, 1.165) is 19.3 Å². The molecule has 0 spiro atoms. The van der Waals surface area contributed by atoms with E-state index in [1.165, 1.54) is 6.07 Å². The predicted molar refractivity (Wildman–Crippen MR) is 71.6 cm³/mol. The Morgan fingerprint density at radius 1 is 1.41 bits per heavy atom. The van der Waals surface area contributed by atoms with Crippen LogP contribution in [0.1, 0.15) is 30.9 Å². The van der Waals surface area contributed by atoms with Crippen molar-refractivity contribution in [3.05, 3.63) is 34.1 Å². The fraction of sp³-hybridized carbons (Fsp3) is 0.500. The summed E-state index contributed by atoms with van der Waals surface area (Å²) >= 11 is 3.09. The minimum Gasteiger partial charge on any atom is -0.391 e. The molecule has 1 aromatic rings. The van der Waals surface area contributed by atoms with Crippen LogP contribution in [0.15, 0.2) is 22.7 Å². The van der Waals surface area contributed by atoms with Crippen LogP contribution in [0, 0.1) is 11.7 Å². The number of benzene rings is 1. The summed E-state index contributed by atoms with van der Waals surface area (Å²) in [6.45, 7) is 0. The van der Waals surface area contributed by atoms with Gasteiger partial charge in [0.2, 0.25) is 0 Å². The van der Waals surface area contributed by atoms with Crippen molar-refractivity contribution in [2.24, 2.45) is 11.7 Å². The molecule has 3 N–H and O–H groups in total. The Hall–Kier alpha value is -0.160. The Morgan fingerprint density at radius 3 is 2.53 bits per heavy atom. The Balaban J connectivity index is 0.00000144. The van der Waals surface area contributed by atoms with Crippen LogP contribution in [0.2, 0.25) is 0 Å². The van der Waals surface area contributed by atoms with Crippen molar-refractivity contribution in [2.75, 3.05) is 0 Å². The normalized spacial score (nSPS) is 19.1. The van der Waals surface area contributed by atoms with Crippen LogP contribution in [0.25, 0.3) is 0 Å². The molecule has 0 saturated heterocycles. The molecule has 5 heteroatoms. The summed E-state index contributed by atoms with van der Waals surface area (Å²) in [4.78, 5) is 0. The summed E-state index contributed by atoms with van der Waals surface area (Å²) in [7, 11) is 0. The number of nitrogens with two attached hydrogens (primary N) is 1. The van der Waals surface area contributed by atoms with Crippen molar-refractivity contribution in [2.45, 2.75) is 31.4 Å². The van der Waals surface area contributed by atoms with Crippen LogP contribution in [0.5, 0.6) is 0 Å². The van der Waals surface area contributed by atoms with Gasteiger partial charge in [-0.05, 0) is 52.4 Å². The monoisotopic (exact) mass is 323 g/mol. The molecule has 1 saturated carbocycles. The average Bonchev–Trinajstić information content (AvgIpc) is 2.18. The molecular weight excluding hydrogens is 308 g/mol. The van der Waals surface area contributed by atoms with Gasteiger partial charge < -0.3 is 10.8 Å². The first-order valence-electron chi connectivity index (χ1n) is 5.48. The standard InChI is InChI=1S/C12H15BrFNO.ClH/c13-9-5-4-8(6-10(9)14)11(15)12(16)7-2-1-3-7;/h4-7,11-12,16H,1-3,15H2;1H/t11-,12+;/m0./s1. The summed E-state index contributed by atoms with van der Waals surface area (Å²) in [5.74, 6) is -0.0598. The van der Waals surface area contributed by atoms with Crippen LogP contribution in [0.4, 0.5) is 4.39 Å². The molecule has 2 atom stereocenters. The molecule has 0 unspecified atom stereocenters. The highest BCUT2D eigenvalue weighted by Gasteiger charge is 2.30. The van der Waals surface area contributed by atoms with E-state index in [1.807, 2.05) is 0 Å². The highest BCUT2D eigenvalue weighted by molar-refractivity contribution is 9.10. The van der Waals surface area contributed by atoms with Crippen molar-refractivity contribution in [1.29, 1.82) is 0 Å². The van der Waals surface area contributed by atoms with E-state index in [0.29, 0.717) is 10.0 Å². The van der Waals surface area contributed by atoms with Crippen molar-refractivity contribution in [1.82, 2.24) is 0 Å². The Morgan fingerprint density at radius 2 is 2.06 bits per heavy atom. The van der Waals surface area contributed by atoms with E-state index >= 15 is 0 Å². The zero-order valence-electron chi connectivity index (χ0n) is 9.27. The van der Waals surface area contributed by atoms with Crippen LogP contribution in [-0.2, 0) is 0 Å². The number of aliphatic hydroxyl groups is 1. The second-order valence-electron chi connectivity index (χ2n) is 4.38. The summed E-state index contributed by atoms with van der Waals surface area (Å²) in [6.07, 6.45) is 2.64. The highest BCUT2D eigenvalue weighted by atomic mass is 79.9. The topological polar surface area (TPSA) is 46.2 Å². The van der Waals surface area contributed by atoms with Gasteiger partial charge in [-0.2, -0.15) is 0 Å². The van der Waals surface area contributed by atoms with Gasteiger partial charge >= 0.3 is 0 Å². The molecule has 96 valence electrons. The number of halogens is 3. The van der Waals surface area contributed by atoms with Crippen LogP contribution in [0.3, 0.4) is 0 Å². The third-order valence-corrected chi connectivity index (χ3v) is 3.97. The number of hydrogen-bond acceptors (Lipinski definition) is 2. The third kappa shape index (κ3) is 3.19. The van der Waals surface area contributed by atoms with Crippen molar-refractivity contribution >= 4 is 28.3 Å². The van der Waals surface area contributed by atoms with Crippen molar-refractivity contribution in [3.63, 3.8) is 0 Å². The lowest BCUT2D eigenvalue weighted by Gasteiger charge is -2.33. The largest absolute Gasteiger partial charge is 0.391 e. The van der Waals surface area contributed by atoms with E-state index in [4.69, 9.17) is 5.73 Å². The number of aliphatic hydroxyl groups excluding tert-OH is 1. The lowest BCUT2D eigenvalue weighted by Crippen LogP contribution is -2.36. The van der Waals surface area contributed by atoms with E-state index in [-0.39, 0.29) is 24.1 Å². The smallest absolute Gasteiger partial charge is 0.137 e. The molecule has 1 aromatic carbocycles. The zero-order chi connectivity index (χ0) is 11.7. The van der Waals surface area contributed by atoms with Gasteiger partial charge in [-0.1, -0.05) is 12.5 Å². The quantitative estimate of drug-likeness (QED) is 0.897. The second kappa shape index (κ2) is 6.14. The van der Waals surface area contributed by atoms with Gasteiger partial charge in [-0.25, -0.2) is 4.39 Å². The average molecular weight is 325 g/mol. The molecule has 0 aliphatic heterocycles. The lowest BCUT2D eigenvalue weighted by atomic mass is 9.77. The highest BCUT2D eigenvalue weighted by Crippen LogP contribution is 2.34. The molecule has 1 aliphatic rings. The maximum absolute atomic E-state index is 13.3.